The summed E-state index contributed by atoms with van der Waals surface area (Å²) >= 11 is 8.60. The van der Waals surface area contributed by atoms with Crippen LogP contribution in [0.2, 0.25) is 5.02 Å². The van der Waals surface area contributed by atoms with Crippen molar-refractivity contribution >= 4 is 34.9 Å². The number of aromatic nitrogens is 4. The maximum absolute atomic E-state index is 5.95. The van der Waals surface area contributed by atoms with E-state index < -0.39 is 0 Å². The summed E-state index contributed by atoms with van der Waals surface area (Å²) in [6.07, 6.45) is 0. The van der Waals surface area contributed by atoms with E-state index in [1.165, 1.54) is 23.3 Å². The SMILES string of the molecule is CC(C)c1nsc(Sc2nnc(-c3cccc(Cl)c3)o2)n1. The molecule has 1 aromatic carbocycles. The second-order valence-corrected chi connectivity index (χ2v) is 6.95. The van der Waals surface area contributed by atoms with Crippen molar-refractivity contribution < 1.29 is 4.42 Å². The van der Waals surface area contributed by atoms with Crippen LogP contribution in [0, 0.1) is 0 Å². The Bertz CT molecular complexity index is 756. The average Bonchev–Trinajstić information content (AvgIpc) is 3.08. The van der Waals surface area contributed by atoms with Gasteiger partial charge in [-0.05, 0) is 29.7 Å². The van der Waals surface area contributed by atoms with Crippen LogP contribution >= 0.6 is 34.9 Å². The molecular weight excluding hydrogens is 328 g/mol. The van der Waals surface area contributed by atoms with Crippen LogP contribution in [0.1, 0.15) is 25.6 Å². The first-order chi connectivity index (χ1) is 10.1. The van der Waals surface area contributed by atoms with Gasteiger partial charge in [0.2, 0.25) is 5.89 Å². The second-order valence-electron chi connectivity index (χ2n) is 4.56. The number of rotatable bonds is 4. The average molecular weight is 339 g/mol. The van der Waals surface area contributed by atoms with Crippen LogP contribution in [-0.4, -0.2) is 19.6 Å². The molecule has 5 nitrogen and oxygen atoms in total. The molecular formula is C13H11ClN4OS2. The normalized spacial score (nSPS) is 11.2. The molecule has 0 saturated heterocycles. The molecule has 3 rings (SSSR count). The number of nitrogens with zero attached hydrogens (tertiary/aromatic N) is 4. The smallest absolute Gasteiger partial charge is 0.284 e. The minimum absolute atomic E-state index is 0.306. The van der Waals surface area contributed by atoms with Gasteiger partial charge in [-0.1, -0.05) is 31.5 Å². The molecule has 21 heavy (non-hydrogen) atoms. The van der Waals surface area contributed by atoms with Crippen LogP contribution in [0.5, 0.6) is 0 Å². The molecule has 108 valence electrons. The molecule has 0 bridgehead atoms. The summed E-state index contributed by atoms with van der Waals surface area (Å²) in [6, 6.07) is 7.29. The molecule has 2 aromatic heterocycles. The molecule has 0 atom stereocenters. The van der Waals surface area contributed by atoms with Gasteiger partial charge in [-0.15, -0.1) is 10.2 Å². The zero-order chi connectivity index (χ0) is 14.8. The van der Waals surface area contributed by atoms with Gasteiger partial charge in [-0.25, -0.2) is 4.98 Å². The Morgan fingerprint density at radius 3 is 2.86 bits per heavy atom. The summed E-state index contributed by atoms with van der Waals surface area (Å²) in [5.74, 6) is 1.57. The van der Waals surface area contributed by atoms with E-state index in [2.05, 4.69) is 33.4 Å². The predicted molar refractivity (Wildman–Crippen MR) is 82.9 cm³/mol. The second kappa shape index (κ2) is 6.13. The molecule has 0 aliphatic rings. The summed E-state index contributed by atoms with van der Waals surface area (Å²) in [5, 5.41) is 9.11. The lowest BCUT2D eigenvalue weighted by Gasteiger charge is -1.95. The Labute approximate surface area is 134 Å². The van der Waals surface area contributed by atoms with E-state index in [0.717, 1.165) is 15.7 Å². The topological polar surface area (TPSA) is 64.7 Å². The highest BCUT2D eigenvalue weighted by molar-refractivity contribution is 8.00. The van der Waals surface area contributed by atoms with E-state index in [1.807, 2.05) is 12.1 Å². The quantitative estimate of drug-likeness (QED) is 0.697. The fourth-order valence-electron chi connectivity index (χ4n) is 1.56. The third-order valence-electron chi connectivity index (χ3n) is 2.59. The molecule has 3 aromatic rings. The van der Waals surface area contributed by atoms with E-state index in [9.17, 15) is 0 Å². The van der Waals surface area contributed by atoms with Gasteiger partial charge in [0.15, 0.2) is 4.34 Å². The van der Waals surface area contributed by atoms with Crippen molar-refractivity contribution in [3.63, 3.8) is 0 Å². The Morgan fingerprint density at radius 1 is 1.29 bits per heavy atom. The van der Waals surface area contributed by atoms with Crippen molar-refractivity contribution in [3.8, 4) is 11.5 Å². The molecule has 0 spiro atoms. The minimum atomic E-state index is 0.306. The Hall–Kier alpha value is -1.44. The van der Waals surface area contributed by atoms with Crippen LogP contribution < -0.4 is 0 Å². The standard InChI is InChI=1S/C13H11ClN4OS2/c1-7(2)10-15-13(21-18-10)20-12-17-16-11(19-12)8-4-3-5-9(14)6-8/h3-7H,1-2H3. The van der Waals surface area contributed by atoms with Gasteiger partial charge in [0.1, 0.15) is 5.82 Å². The molecule has 0 unspecified atom stereocenters. The molecule has 8 heteroatoms. The first kappa shape index (κ1) is 14.5. The fraction of sp³-hybridized carbons (Fsp3) is 0.231. The van der Waals surface area contributed by atoms with Crippen LogP contribution in [0.15, 0.2) is 38.2 Å². The molecule has 0 amide bonds. The van der Waals surface area contributed by atoms with Gasteiger partial charge in [-0.2, -0.15) is 4.37 Å². The lowest BCUT2D eigenvalue weighted by Crippen LogP contribution is -1.88. The number of hydrogen-bond acceptors (Lipinski definition) is 7. The summed E-state index contributed by atoms with van der Waals surface area (Å²) in [5.41, 5.74) is 0.794. The van der Waals surface area contributed by atoms with Gasteiger partial charge < -0.3 is 4.42 Å². The number of benzene rings is 1. The summed E-state index contributed by atoms with van der Waals surface area (Å²) < 4.78 is 10.7. The van der Waals surface area contributed by atoms with Gasteiger partial charge in [-0.3, -0.25) is 0 Å². The van der Waals surface area contributed by atoms with E-state index in [-0.39, 0.29) is 0 Å². The van der Waals surface area contributed by atoms with Crippen LogP contribution in [0.3, 0.4) is 0 Å². The van der Waals surface area contributed by atoms with E-state index in [0.29, 0.717) is 22.1 Å². The van der Waals surface area contributed by atoms with Crippen molar-refractivity contribution in [2.45, 2.75) is 29.3 Å². The molecule has 2 heterocycles. The number of halogens is 1. The molecule has 0 fully saturated rings. The van der Waals surface area contributed by atoms with Crippen molar-refractivity contribution in [3.05, 3.63) is 35.1 Å². The molecule has 0 N–H and O–H groups in total. The van der Waals surface area contributed by atoms with Crippen LogP contribution in [-0.2, 0) is 0 Å². The Kier molecular flexibility index (Phi) is 4.23. The third kappa shape index (κ3) is 3.42. The van der Waals surface area contributed by atoms with Gasteiger partial charge in [0.25, 0.3) is 5.22 Å². The molecule has 0 saturated carbocycles. The Balaban J connectivity index is 1.78. The number of hydrogen-bond donors (Lipinski definition) is 0. The summed E-state index contributed by atoms with van der Waals surface area (Å²) in [4.78, 5) is 4.42. The van der Waals surface area contributed by atoms with Gasteiger partial charge in [0.05, 0.1) is 0 Å². The van der Waals surface area contributed by atoms with Crippen molar-refractivity contribution in [2.75, 3.05) is 0 Å². The van der Waals surface area contributed by atoms with Crippen LogP contribution in [0.4, 0.5) is 0 Å². The first-order valence-corrected chi connectivity index (χ1v) is 8.19. The highest BCUT2D eigenvalue weighted by atomic mass is 35.5. The Morgan fingerprint density at radius 2 is 2.14 bits per heavy atom. The van der Waals surface area contributed by atoms with E-state index in [4.69, 9.17) is 16.0 Å². The van der Waals surface area contributed by atoms with Gasteiger partial charge >= 0.3 is 0 Å². The van der Waals surface area contributed by atoms with Crippen molar-refractivity contribution in [1.29, 1.82) is 0 Å². The largest absolute Gasteiger partial charge is 0.411 e. The predicted octanol–water partition coefficient (Wildman–Crippen LogP) is 4.52. The van der Waals surface area contributed by atoms with E-state index >= 15 is 0 Å². The minimum Gasteiger partial charge on any atom is -0.411 e. The third-order valence-corrected chi connectivity index (χ3v) is 4.43. The lowest BCUT2D eigenvalue weighted by molar-refractivity contribution is 0.466. The zero-order valence-corrected chi connectivity index (χ0v) is 13.7. The summed E-state index contributed by atoms with van der Waals surface area (Å²) in [6.45, 7) is 4.11. The molecule has 0 aliphatic carbocycles. The van der Waals surface area contributed by atoms with E-state index in [1.54, 1.807) is 12.1 Å². The molecule has 0 radical (unpaired) electrons. The highest BCUT2D eigenvalue weighted by Crippen LogP contribution is 2.31. The maximum atomic E-state index is 5.95. The maximum Gasteiger partial charge on any atom is 0.284 e. The highest BCUT2D eigenvalue weighted by Gasteiger charge is 2.14. The van der Waals surface area contributed by atoms with Gasteiger partial charge in [0, 0.05) is 28.3 Å². The monoisotopic (exact) mass is 338 g/mol. The summed E-state index contributed by atoms with van der Waals surface area (Å²) in [7, 11) is 0. The van der Waals surface area contributed by atoms with Crippen molar-refractivity contribution in [2.24, 2.45) is 0 Å². The first-order valence-electron chi connectivity index (χ1n) is 6.22. The van der Waals surface area contributed by atoms with Crippen LogP contribution in [0.25, 0.3) is 11.5 Å². The fourth-order valence-corrected chi connectivity index (χ4v) is 3.27. The van der Waals surface area contributed by atoms with Crippen molar-refractivity contribution in [1.82, 2.24) is 19.6 Å². The molecule has 0 aliphatic heterocycles. The zero-order valence-electron chi connectivity index (χ0n) is 11.3. The lowest BCUT2D eigenvalue weighted by atomic mass is 10.2.